The summed E-state index contributed by atoms with van der Waals surface area (Å²) in [7, 11) is -1.28. The van der Waals surface area contributed by atoms with E-state index in [1.54, 1.807) is 23.5 Å². The van der Waals surface area contributed by atoms with Crippen molar-refractivity contribution < 1.29 is 18.0 Å². The molecule has 3 rings (SSSR count). The lowest BCUT2D eigenvalue weighted by molar-refractivity contribution is -0.0258. The van der Waals surface area contributed by atoms with E-state index in [1.807, 2.05) is 29.6 Å². The van der Waals surface area contributed by atoms with Crippen LogP contribution < -0.4 is 5.32 Å². The molecule has 0 fully saturated rings. The van der Waals surface area contributed by atoms with E-state index in [2.05, 4.69) is 31.3 Å². The lowest BCUT2D eigenvalue weighted by atomic mass is 9.98. The molecule has 3 aromatic rings. The fourth-order valence-corrected chi connectivity index (χ4v) is 5.17. The molecule has 0 radical (unpaired) electrons. The summed E-state index contributed by atoms with van der Waals surface area (Å²) < 4.78 is 25.9. The van der Waals surface area contributed by atoms with Crippen molar-refractivity contribution in [3.05, 3.63) is 87.6 Å². The third-order valence-electron chi connectivity index (χ3n) is 5.05. The molecule has 0 saturated carbocycles. The Labute approximate surface area is 193 Å². The summed E-state index contributed by atoms with van der Waals surface area (Å²) in [6.07, 6.45) is 0.994. The molecule has 1 heterocycles. The van der Waals surface area contributed by atoms with Crippen LogP contribution in [-0.2, 0) is 21.3 Å². The SMILES string of the molecule is CON(C)S(=O)(=O)c1cccc(C(=O)NC(c2ccc(CC(C)C)cc2)c2cccs2)c1. The van der Waals surface area contributed by atoms with Crippen LogP contribution in [0.3, 0.4) is 0 Å². The van der Waals surface area contributed by atoms with Gasteiger partial charge >= 0.3 is 0 Å². The topological polar surface area (TPSA) is 75.7 Å². The van der Waals surface area contributed by atoms with Gasteiger partial charge in [0, 0.05) is 17.5 Å². The number of carbonyl (C=O) groups is 1. The van der Waals surface area contributed by atoms with Gasteiger partial charge in [-0.05, 0) is 53.1 Å². The van der Waals surface area contributed by atoms with Gasteiger partial charge in [-0.2, -0.15) is 0 Å². The summed E-state index contributed by atoms with van der Waals surface area (Å²) in [6, 6.07) is 17.8. The number of benzene rings is 2. The van der Waals surface area contributed by atoms with Gasteiger partial charge < -0.3 is 5.32 Å². The van der Waals surface area contributed by atoms with E-state index >= 15 is 0 Å². The lowest BCUT2D eigenvalue weighted by Gasteiger charge is -2.19. The molecule has 170 valence electrons. The van der Waals surface area contributed by atoms with Crippen LogP contribution in [0.5, 0.6) is 0 Å². The molecule has 1 amide bonds. The Morgan fingerprint density at radius 1 is 1.09 bits per heavy atom. The Morgan fingerprint density at radius 3 is 2.41 bits per heavy atom. The van der Waals surface area contributed by atoms with Gasteiger partial charge in [0.15, 0.2) is 0 Å². The van der Waals surface area contributed by atoms with Crippen molar-refractivity contribution in [1.29, 1.82) is 0 Å². The monoisotopic (exact) mass is 472 g/mol. The number of nitrogens with zero attached hydrogens (tertiary/aromatic N) is 1. The van der Waals surface area contributed by atoms with Gasteiger partial charge in [0.1, 0.15) is 0 Å². The van der Waals surface area contributed by atoms with E-state index in [0.717, 1.165) is 21.3 Å². The van der Waals surface area contributed by atoms with E-state index in [4.69, 9.17) is 4.84 Å². The highest BCUT2D eigenvalue weighted by Gasteiger charge is 2.23. The maximum atomic E-state index is 13.1. The summed E-state index contributed by atoms with van der Waals surface area (Å²) in [5.41, 5.74) is 2.48. The highest BCUT2D eigenvalue weighted by molar-refractivity contribution is 7.89. The molecule has 32 heavy (non-hydrogen) atoms. The largest absolute Gasteiger partial charge is 0.340 e. The van der Waals surface area contributed by atoms with Crippen LogP contribution >= 0.6 is 11.3 Å². The number of nitrogens with one attached hydrogen (secondary N) is 1. The van der Waals surface area contributed by atoms with Crippen LogP contribution in [0.15, 0.2) is 70.9 Å². The van der Waals surface area contributed by atoms with Crippen molar-refractivity contribution >= 4 is 27.3 Å². The van der Waals surface area contributed by atoms with Crippen molar-refractivity contribution in [2.45, 2.75) is 31.2 Å². The molecule has 0 aliphatic carbocycles. The zero-order chi connectivity index (χ0) is 23.3. The van der Waals surface area contributed by atoms with Gasteiger partial charge in [-0.3, -0.25) is 9.63 Å². The molecular weight excluding hydrogens is 444 g/mol. The smallest absolute Gasteiger partial charge is 0.264 e. The van der Waals surface area contributed by atoms with Gasteiger partial charge in [-0.1, -0.05) is 54.7 Å². The minimum atomic E-state index is -3.85. The predicted molar refractivity (Wildman–Crippen MR) is 127 cm³/mol. The summed E-state index contributed by atoms with van der Waals surface area (Å²) in [5.74, 6) is 0.209. The lowest BCUT2D eigenvalue weighted by Crippen LogP contribution is -2.29. The van der Waals surface area contributed by atoms with Crippen LogP contribution in [0.1, 0.15) is 46.3 Å². The van der Waals surface area contributed by atoms with Crippen molar-refractivity contribution in [2.24, 2.45) is 5.92 Å². The van der Waals surface area contributed by atoms with Crippen molar-refractivity contribution in [2.75, 3.05) is 14.2 Å². The molecule has 1 atom stereocenters. The molecule has 0 aliphatic heterocycles. The second kappa shape index (κ2) is 10.4. The molecule has 0 spiro atoms. The Hall–Kier alpha value is -2.52. The first-order valence-corrected chi connectivity index (χ1v) is 12.6. The van der Waals surface area contributed by atoms with Crippen LogP contribution in [0.2, 0.25) is 0 Å². The highest BCUT2D eigenvalue weighted by atomic mass is 32.2. The number of rotatable bonds is 9. The van der Waals surface area contributed by atoms with Gasteiger partial charge in [-0.25, -0.2) is 8.42 Å². The first kappa shape index (κ1) is 24.1. The number of thiophene rings is 1. The second-order valence-corrected chi connectivity index (χ2v) is 10.8. The van der Waals surface area contributed by atoms with Crippen LogP contribution in [0, 0.1) is 5.92 Å². The number of carbonyl (C=O) groups excluding carboxylic acids is 1. The molecule has 2 aromatic carbocycles. The van der Waals surface area contributed by atoms with E-state index in [9.17, 15) is 13.2 Å². The Morgan fingerprint density at radius 2 is 1.81 bits per heavy atom. The van der Waals surface area contributed by atoms with E-state index in [1.165, 1.54) is 31.9 Å². The molecule has 0 bridgehead atoms. The molecule has 1 aromatic heterocycles. The van der Waals surface area contributed by atoms with Crippen LogP contribution in [-0.4, -0.2) is 33.0 Å². The fourth-order valence-electron chi connectivity index (χ4n) is 3.35. The van der Waals surface area contributed by atoms with Gasteiger partial charge in [0.05, 0.1) is 18.0 Å². The number of hydroxylamine groups is 1. The number of amides is 1. The van der Waals surface area contributed by atoms with Crippen molar-refractivity contribution in [1.82, 2.24) is 9.79 Å². The summed E-state index contributed by atoms with van der Waals surface area (Å²) in [5, 5.41) is 5.03. The van der Waals surface area contributed by atoms with E-state index < -0.39 is 10.0 Å². The van der Waals surface area contributed by atoms with Crippen LogP contribution in [0.25, 0.3) is 0 Å². The molecular formula is C24H28N2O4S2. The van der Waals surface area contributed by atoms with E-state index in [-0.39, 0.29) is 22.4 Å². The average Bonchev–Trinajstić information content (AvgIpc) is 3.31. The zero-order valence-corrected chi connectivity index (χ0v) is 20.2. The molecule has 1 N–H and O–H groups in total. The Balaban J connectivity index is 1.88. The van der Waals surface area contributed by atoms with E-state index in [0.29, 0.717) is 5.92 Å². The third kappa shape index (κ3) is 5.63. The maximum Gasteiger partial charge on any atom is 0.264 e. The average molecular weight is 473 g/mol. The quantitative estimate of drug-likeness (QED) is 0.460. The highest BCUT2D eigenvalue weighted by Crippen LogP contribution is 2.27. The van der Waals surface area contributed by atoms with Gasteiger partial charge in [-0.15, -0.1) is 11.3 Å². The Kier molecular flexibility index (Phi) is 7.84. The van der Waals surface area contributed by atoms with Crippen molar-refractivity contribution in [3.8, 4) is 0 Å². The number of hydrogen-bond acceptors (Lipinski definition) is 5. The molecule has 1 unspecified atom stereocenters. The maximum absolute atomic E-state index is 13.1. The minimum Gasteiger partial charge on any atom is -0.340 e. The Bertz CT molecular complexity index is 1140. The van der Waals surface area contributed by atoms with Gasteiger partial charge in [0.2, 0.25) is 0 Å². The van der Waals surface area contributed by atoms with Gasteiger partial charge in [0.25, 0.3) is 15.9 Å². The normalized spacial score (nSPS) is 12.8. The number of sulfonamides is 1. The summed E-state index contributed by atoms with van der Waals surface area (Å²) in [4.78, 5) is 18.9. The van der Waals surface area contributed by atoms with Crippen LogP contribution in [0.4, 0.5) is 0 Å². The standard InChI is InChI=1S/C24H28N2O4S2/c1-17(2)15-18-10-12-19(13-11-18)23(22-9-6-14-31-22)25-24(27)20-7-5-8-21(16-20)32(28,29)26(3)30-4/h5-14,16-17,23H,15H2,1-4H3,(H,25,27). The summed E-state index contributed by atoms with van der Waals surface area (Å²) >= 11 is 1.56. The first-order chi connectivity index (χ1) is 15.2. The second-order valence-electron chi connectivity index (χ2n) is 7.89. The minimum absolute atomic E-state index is 0.0137. The zero-order valence-electron chi connectivity index (χ0n) is 18.6. The third-order valence-corrected chi connectivity index (χ3v) is 7.66. The number of hydrogen-bond donors (Lipinski definition) is 1. The summed E-state index contributed by atoms with van der Waals surface area (Å²) in [6.45, 7) is 4.36. The first-order valence-electron chi connectivity index (χ1n) is 10.3. The molecule has 6 nitrogen and oxygen atoms in total. The van der Waals surface area contributed by atoms with Crippen molar-refractivity contribution in [3.63, 3.8) is 0 Å². The molecule has 0 aliphatic rings. The predicted octanol–water partition coefficient (Wildman–Crippen LogP) is 4.65. The fraction of sp³-hybridized carbons (Fsp3) is 0.292. The molecule has 8 heteroatoms. The molecule has 0 saturated heterocycles.